The van der Waals surface area contributed by atoms with Crippen LogP contribution in [-0.2, 0) is 9.59 Å². The summed E-state index contributed by atoms with van der Waals surface area (Å²) in [6.07, 6.45) is 1.73. The van der Waals surface area contributed by atoms with Crippen LogP contribution in [0.3, 0.4) is 0 Å². The van der Waals surface area contributed by atoms with Crippen LogP contribution in [0.4, 0.5) is 15.8 Å². The molecule has 178 valence electrons. The van der Waals surface area contributed by atoms with Crippen LogP contribution in [0.2, 0.25) is 0 Å². The molecule has 1 atom stereocenters. The molecule has 4 rings (SSSR count). The number of benzene rings is 2. The zero-order valence-electron chi connectivity index (χ0n) is 19.0. The average Bonchev–Trinajstić information content (AvgIpc) is 3.29. The van der Waals surface area contributed by atoms with E-state index in [9.17, 15) is 14.0 Å². The third-order valence-electron chi connectivity index (χ3n) is 5.54. The Labute approximate surface area is 196 Å². The van der Waals surface area contributed by atoms with Gasteiger partial charge in [0.05, 0.1) is 25.3 Å². The Morgan fingerprint density at radius 2 is 2.09 bits per heavy atom. The molecule has 1 saturated heterocycles. The van der Waals surface area contributed by atoms with E-state index in [2.05, 4.69) is 20.8 Å². The summed E-state index contributed by atoms with van der Waals surface area (Å²) in [4.78, 5) is 30.6. The normalized spacial score (nSPS) is 16.1. The van der Waals surface area contributed by atoms with Gasteiger partial charge in [-0.3, -0.25) is 14.5 Å². The fraction of sp³-hybridized carbons (Fsp3) is 0.333. The maximum absolute atomic E-state index is 13.5. The number of methoxy groups -OCH3 is 1. The molecule has 1 unspecified atom stereocenters. The van der Waals surface area contributed by atoms with E-state index >= 15 is 0 Å². The van der Waals surface area contributed by atoms with Crippen LogP contribution in [0.15, 0.2) is 47.0 Å². The Morgan fingerprint density at radius 3 is 2.85 bits per heavy atom. The third kappa shape index (κ3) is 5.76. The molecule has 2 N–H and O–H groups in total. The van der Waals surface area contributed by atoms with Crippen molar-refractivity contribution in [2.45, 2.75) is 25.7 Å². The van der Waals surface area contributed by atoms with Gasteiger partial charge in [-0.05, 0) is 49.7 Å². The highest BCUT2D eigenvalue weighted by Crippen LogP contribution is 2.29. The quantitative estimate of drug-likeness (QED) is 0.546. The van der Waals surface area contributed by atoms with Gasteiger partial charge in [-0.25, -0.2) is 4.39 Å². The molecule has 10 heteroatoms. The molecule has 1 aliphatic rings. The number of piperidine rings is 1. The van der Waals surface area contributed by atoms with Crippen molar-refractivity contribution in [3.63, 3.8) is 0 Å². The first-order valence-electron chi connectivity index (χ1n) is 11.0. The molecule has 9 nitrogen and oxygen atoms in total. The van der Waals surface area contributed by atoms with Gasteiger partial charge in [0.15, 0.2) is 0 Å². The summed E-state index contributed by atoms with van der Waals surface area (Å²) in [7, 11) is 1.51. The molecule has 0 spiro atoms. The summed E-state index contributed by atoms with van der Waals surface area (Å²) < 4.78 is 24.3. The number of likely N-dealkylation sites (tertiary alicyclic amines) is 1. The van der Waals surface area contributed by atoms with Crippen LogP contribution in [0.5, 0.6) is 5.75 Å². The first-order chi connectivity index (χ1) is 16.4. The second-order valence-corrected chi connectivity index (χ2v) is 8.19. The fourth-order valence-electron chi connectivity index (χ4n) is 4.03. The molecule has 2 amide bonds. The first kappa shape index (κ1) is 23.4. The number of aromatic nitrogens is 2. The lowest BCUT2D eigenvalue weighted by atomic mass is 9.98. The van der Waals surface area contributed by atoms with Gasteiger partial charge in [-0.2, -0.15) is 4.98 Å². The number of ether oxygens (including phenoxy) is 1. The van der Waals surface area contributed by atoms with Crippen molar-refractivity contribution in [1.29, 1.82) is 0 Å². The summed E-state index contributed by atoms with van der Waals surface area (Å²) in [6.45, 7) is 2.94. The number of rotatable bonds is 7. The molecule has 0 bridgehead atoms. The Kier molecular flexibility index (Phi) is 7.17. The van der Waals surface area contributed by atoms with Crippen molar-refractivity contribution >= 4 is 23.2 Å². The number of nitrogens with zero attached hydrogens (tertiary/aromatic N) is 3. The minimum absolute atomic E-state index is 0.0195. The lowest BCUT2D eigenvalue weighted by molar-refractivity contribution is -0.117. The number of halogens is 1. The van der Waals surface area contributed by atoms with Gasteiger partial charge in [-0.15, -0.1) is 0 Å². The maximum atomic E-state index is 13.5. The van der Waals surface area contributed by atoms with Crippen molar-refractivity contribution in [3.05, 3.63) is 54.2 Å². The fourth-order valence-corrected chi connectivity index (χ4v) is 4.03. The number of carbonyl (C=O) groups is 2. The van der Waals surface area contributed by atoms with Gasteiger partial charge in [-0.1, -0.05) is 17.3 Å². The third-order valence-corrected chi connectivity index (χ3v) is 5.54. The highest BCUT2D eigenvalue weighted by molar-refractivity contribution is 5.95. The molecule has 1 fully saturated rings. The average molecular weight is 468 g/mol. The van der Waals surface area contributed by atoms with Gasteiger partial charge in [0.1, 0.15) is 11.6 Å². The van der Waals surface area contributed by atoms with Crippen molar-refractivity contribution < 1.29 is 23.2 Å². The Morgan fingerprint density at radius 1 is 1.24 bits per heavy atom. The van der Waals surface area contributed by atoms with Crippen molar-refractivity contribution in [1.82, 2.24) is 15.0 Å². The molecule has 34 heavy (non-hydrogen) atoms. The second kappa shape index (κ2) is 10.4. The van der Waals surface area contributed by atoms with E-state index in [0.717, 1.165) is 19.4 Å². The summed E-state index contributed by atoms with van der Waals surface area (Å²) in [5.41, 5.74) is 1.59. The van der Waals surface area contributed by atoms with Gasteiger partial charge < -0.3 is 19.9 Å². The molecule has 1 aromatic heterocycles. The zero-order chi connectivity index (χ0) is 24.1. The lowest BCUT2D eigenvalue weighted by Gasteiger charge is -2.30. The standard InChI is InChI=1S/C24H26FN5O4/c1-15(31)26-19-8-9-21(33-2)20(12-19)27-22(32)14-30-10-4-6-17(13-30)24-28-23(29-34-24)16-5-3-7-18(25)11-16/h3,5,7-9,11-12,17H,4,6,10,13-14H2,1-2H3,(H,26,31)(H,27,32). The van der Waals surface area contributed by atoms with Crippen LogP contribution in [0.1, 0.15) is 31.6 Å². The van der Waals surface area contributed by atoms with Gasteiger partial charge in [0.25, 0.3) is 0 Å². The number of anilines is 2. The number of carbonyl (C=O) groups excluding carboxylic acids is 2. The largest absolute Gasteiger partial charge is 0.495 e. The molecule has 0 radical (unpaired) electrons. The topological polar surface area (TPSA) is 110 Å². The van der Waals surface area contributed by atoms with Crippen LogP contribution >= 0.6 is 0 Å². The molecular formula is C24H26FN5O4. The van der Waals surface area contributed by atoms with Crippen molar-refractivity contribution in [3.8, 4) is 17.1 Å². The summed E-state index contributed by atoms with van der Waals surface area (Å²) in [6, 6.07) is 11.1. The van der Waals surface area contributed by atoms with Gasteiger partial charge >= 0.3 is 0 Å². The SMILES string of the molecule is COc1ccc(NC(C)=O)cc1NC(=O)CN1CCCC(c2nc(-c3cccc(F)c3)no2)C1. The van der Waals surface area contributed by atoms with E-state index in [1.54, 1.807) is 30.3 Å². The predicted molar refractivity (Wildman–Crippen MR) is 124 cm³/mol. The van der Waals surface area contributed by atoms with Gasteiger partial charge in [0, 0.05) is 24.7 Å². The molecule has 2 heterocycles. The highest BCUT2D eigenvalue weighted by atomic mass is 19.1. The number of hydrogen-bond donors (Lipinski definition) is 2. The molecular weight excluding hydrogens is 441 g/mol. The van der Waals surface area contributed by atoms with Gasteiger partial charge in [0.2, 0.25) is 23.5 Å². The van der Waals surface area contributed by atoms with E-state index < -0.39 is 0 Å². The zero-order valence-corrected chi connectivity index (χ0v) is 19.0. The predicted octanol–water partition coefficient (Wildman–Crippen LogP) is 3.66. The van der Waals surface area contributed by atoms with E-state index in [1.165, 1.54) is 26.2 Å². The second-order valence-electron chi connectivity index (χ2n) is 8.19. The summed E-state index contributed by atoms with van der Waals surface area (Å²) >= 11 is 0. The van der Waals surface area contributed by atoms with E-state index in [-0.39, 0.29) is 30.1 Å². The molecule has 0 saturated carbocycles. The maximum Gasteiger partial charge on any atom is 0.238 e. The van der Waals surface area contributed by atoms with Crippen LogP contribution < -0.4 is 15.4 Å². The number of nitrogens with one attached hydrogen (secondary N) is 2. The Bertz CT molecular complexity index is 1180. The molecule has 0 aliphatic carbocycles. The Balaban J connectivity index is 1.39. The molecule has 1 aliphatic heterocycles. The van der Waals surface area contributed by atoms with Crippen molar-refractivity contribution in [2.75, 3.05) is 37.4 Å². The van der Waals surface area contributed by atoms with Crippen LogP contribution in [-0.4, -0.2) is 53.6 Å². The van der Waals surface area contributed by atoms with E-state index in [0.29, 0.717) is 40.9 Å². The van der Waals surface area contributed by atoms with Crippen LogP contribution in [0.25, 0.3) is 11.4 Å². The summed E-state index contributed by atoms with van der Waals surface area (Å²) in [5.74, 6) is 0.527. The van der Waals surface area contributed by atoms with Crippen LogP contribution in [0, 0.1) is 5.82 Å². The molecule has 3 aromatic rings. The smallest absolute Gasteiger partial charge is 0.238 e. The monoisotopic (exact) mass is 467 g/mol. The minimum atomic E-state index is -0.363. The summed E-state index contributed by atoms with van der Waals surface area (Å²) in [5, 5.41) is 9.55. The minimum Gasteiger partial charge on any atom is -0.495 e. The van der Waals surface area contributed by atoms with E-state index in [4.69, 9.17) is 9.26 Å². The number of amides is 2. The number of hydrogen-bond acceptors (Lipinski definition) is 7. The highest BCUT2D eigenvalue weighted by Gasteiger charge is 2.27. The Hall–Kier alpha value is -3.79. The van der Waals surface area contributed by atoms with Crippen molar-refractivity contribution in [2.24, 2.45) is 0 Å². The first-order valence-corrected chi connectivity index (χ1v) is 11.0. The lowest BCUT2D eigenvalue weighted by Crippen LogP contribution is -2.39. The van der Waals surface area contributed by atoms with E-state index in [1.807, 2.05) is 4.90 Å². The molecule has 2 aromatic carbocycles.